The van der Waals surface area contributed by atoms with E-state index >= 15 is 0 Å². The molecule has 1 heterocycles. The van der Waals surface area contributed by atoms with Crippen molar-refractivity contribution >= 4 is 11.5 Å². The van der Waals surface area contributed by atoms with Crippen LogP contribution in [0.25, 0.3) is 5.57 Å². The highest BCUT2D eigenvalue weighted by atomic mass is 19.1. The number of fused-ring (bicyclic) bond motifs is 1. The van der Waals surface area contributed by atoms with Gasteiger partial charge in [-0.15, -0.1) is 0 Å². The average molecular weight is 426 g/mol. The summed E-state index contributed by atoms with van der Waals surface area (Å²) in [6.07, 6.45) is 1.78. The number of allylic oxidation sites excluding steroid dienone is 1. The number of carboxylic acid groups (broad SMARTS) is 1. The minimum Gasteiger partial charge on any atom is -0.490 e. The van der Waals surface area contributed by atoms with Crippen LogP contribution in [0.3, 0.4) is 0 Å². The molecule has 6 heteroatoms. The summed E-state index contributed by atoms with van der Waals surface area (Å²) in [5.41, 5.74) is 5.21. The SMILES string of the molecule is CC1=C(CN2CC(C(=O)O)C2)CCc2cc(OCC(C)Oc3ccc(F)cc3)ccc21. The number of hydrogen-bond acceptors (Lipinski definition) is 4. The Hall–Kier alpha value is -2.86. The van der Waals surface area contributed by atoms with Crippen LogP contribution in [0, 0.1) is 11.7 Å². The minimum atomic E-state index is -0.694. The zero-order valence-electron chi connectivity index (χ0n) is 17.9. The molecule has 1 atom stereocenters. The van der Waals surface area contributed by atoms with Crippen molar-refractivity contribution in [3.8, 4) is 11.5 Å². The molecule has 2 aliphatic rings. The van der Waals surface area contributed by atoms with Crippen molar-refractivity contribution in [2.24, 2.45) is 5.92 Å². The highest BCUT2D eigenvalue weighted by Gasteiger charge is 2.33. The third kappa shape index (κ3) is 5.07. The Labute approximate surface area is 182 Å². The molecule has 0 amide bonds. The van der Waals surface area contributed by atoms with Crippen LogP contribution in [-0.2, 0) is 11.2 Å². The van der Waals surface area contributed by atoms with Gasteiger partial charge in [-0.1, -0.05) is 11.6 Å². The van der Waals surface area contributed by atoms with E-state index < -0.39 is 5.97 Å². The highest BCUT2D eigenvalue weighted by Crippen LogP contribution is 2.34. The molecular weight excluding hydrogens is 397 g/mol. The summed E-state index contributed by atoms with van der Waals surface area (Å²) >= 11 is 0. The normalized spacial score (nSPS) is 17.6. The highest BCUT2D eigenvalue weighted by molar-refractivity contribution is 5.73. The van der Waals surface area contributed by atoms with E-state index in [1.54, 1.807) is 12.1 Å². The number of nitrogens with zero attached hydrogens (tertiary/aromatic N) is 1. The topological polar surface area (TPSA) is 59.0 Å². The summed E-state index contributed by atoms with van der Waals surface area (Å²) in [6, 6.07) is 12.2. The second-order valence-electron chi connectivity index (χ2n) is 8.47. The average Bonchev–Trinajstić information content (AvgIpc) is 2.71. The number of benzene rings is 2. The number of aryl methyl sites for hydroxylation is 1. The Morgan fingerprint density at radius 1 is 1.16 bits per heavy atom. The van der Waals surface area contributed by atoms with E-state index in [4.69, 9.17) is 14.6 Å². The molecule has 2 aromatic carbocycles. The van der Waals surface area contributed by atoms with Crippen LogP contribution in [0.5, 0.6) is 11.5 Å². The molecule has 1 saturated heterocycles. The molecule has 0 saturated carbocycles. The van der Waals surface area contributed by atoms with Gasteiger partial charge in [-0.05, 0) is 79.8 Å². The fraction of sp³-hybridized carbons (Fsp3) is 0.400. The van der Waals surface area contributed by atoms with Crippen LogP contribution in [0.4, 0.5) is 4.39 Å². The summed E-state index contributed by atoms with van der Waals surface area (Å²) in [7, 11) is 0. The van der Waals surface area contributed by atoms with Gasteiger partial charge in [-0.2, -0.15) is 0 Å². The molecule has 164 valence electrons. The molecule has 0 spiro atoms. The maximum Gasteiger partial charge on any atom is 0.309 e. The molecule has 0 radical (unpaired) electrons. The Bertz CT molecular complexity index is 980. The minimum absolute atomic E-state index is 0.166. The predicted octanol–water partition coefficient (Wildman–Crippen LogP) is 4.41. The Balaban J connectivity index is 1.33. The summed E-state index contributed by atoms with van der Waals surface area (Å²) in [4.78, 5) is 13.2. The van der Waals surface area contributed by atoms with E-state index in [1.165, 1.54) is 34.4 Å². The van der Waals surface area contributed by atoms with Gasteiger partial charge in [-0.25, -0.2) is 4.39 Å². The van der Waals surface area contributed by atoms with Crippen molar-refractivity contribution in [3.63, 3.8) is 0 Å². The van der Waals surface area contributed by atoms with Crippen molar-refractivity contribution < 1.29 is 23.8 Å². The van der Waals surface area contributed by atoms with Crippen LogP contribution in [0.2, 0.25) is 0 Å². The van der Waals surface area contributed by atoms with Gasteiger partial charge in [0, 0.05) is 19.6 Å². The van der Waals surface area contributed by atoms with Crippen LogP contribution < -0.4 is 9.47 Å². The Morgan fingerprint density at radius 2 is 1.87 bits per heavy atom. The van der Waals surface area contributed by atoms with Crippen molar-refractivity contribution in [1.82, 2.24) is 4.90 Å². The first kappa shape index (κ1) is 21.4. The molecule has 0 bridgehead atoms. The standard InChI is InChI=1S/C25H28FNO4/c1-16(31-22-7-5-21(26)6-8-22)15-30-23-9-10-24-17(2)19(4-3-18(24)11-23)12-27-13-20(14-27)25(28)29/h5-11,16,20H,3-4,12-15H2,1-2H3,(H,28,29). The molecule has 31 heavy (non-hydrogen) atoms. The lowest BCUT2D eigenvalue weighted by atomic mass is 9.85. The van der Waals surface area contributed by atoms with Crippen LogP contribution in [-0.4, -0.2) is 48.3 Å². The lowest BCUT2D eigenvalue weighted by Crippen LogP contribution is -2.50. The van der Waals surface area contributed by atoms with Gasteiger partial charge in [0.05, 0.1) is 5.92 Å². The number of aliphatic carboxylic acids is 1. The van der Waals surface area contributed by atoms with Crippen molar-refractivity contribution in [2.45, 2.75) is 32.8 Å². The maximum absolute atomic E-state index is 13.0. The molecule has 0 aromatic heterocycles. The molecule has 4 rings (SSSR count). The molecule has 2 aromatic rings. The zero-order valence-corrected chi connectivity index (χ0v) is 17.9. The van der Waals surface area contributed by atoms with Crippen molar-refractivity contribution in [3.05, 3.63) is 65.0 Å². The molecule has 1 N–H and O–H groups in total. The number of rotatable bonds is 8. The lowest BCUT2D eigenvalue weighted by Gasteiger charge is -2.38. The van der Waals surface area contributed by atoms with Gasteiger partial charge >= 0.3 is 5.97 Å². The number of carboxylic acids is 1. The third-order valence-electron chi connectivity index (χ3n) is 6.06. The lowest BCUT2D eigenvalue weighted by molar-refractivity contribution is -0.147. The van der Waals surface area contributed by atoms with Gasteiger partial charge in [0.15, 0.2) is 0 Å². The Kier molecular flexibility index (Phi) is 6.28. The van der Waals surface area contributed by atoms with E-state index in [0.717, 1.165) is 25.1 Å². The quantitative estimate of drug-likeness (QED) is 0.679. The number of likely N-dealkylation sites (tertiary alicyclic amines) is 1. The Morgan fingerprint density at radius 3 is 2.58 bits per heavy atom. The fourth-order valence-corrected chi connectivity index (χ4v) is 4.21. The molecule has 1 unspecified atom stereocenters. The number of carbonyl (C=O) groups is 1. The largest absolute Gasteiger partial charge is 0.490 e. The van der Waals surface area contributed by atoms with E-state index in [2.05, 4.69) is 24.0 Å². The van der Waals surface area contributed by atoms with Gasteiger partial charge in [0.25, 0.3) is 0 Å². The summed E-state index contributed by atoms with van der Waals surface area (Å²) in [5, 5.41) is 9.05. The van der Waals surface area contributed by atoms with Crippen molar-refractivity contribution in [2.75, 3.05) is 26.2 Å². The van der Waals surface area contributed by atoms with Crippen LogP contribution in [0.15, 0.2) is 48.0 Å². The number of hydrogen-bond donors (Lipinski definition) is 1. The van der Waals surface area contributed by atoms with Crippen molar-refractivity contribution in [1.29, 1.82) is 0 Å². The molecule has 1 fully saturated rings. The maximum atomic E-state index is 13.0. The summed E-state index contributed by atoms with van der Waals surface area (Å²) < 4.78 is 24.7. The molecular formula is C25H28FNO4. The first-order valence-electron chi connectivity index (χ1n) is 10.7. The van der Waals surface area contributed by atoms with E-state index in [1.807, 2.05) is 13.0 Å². The molecule has 1 aliphatic heterocycles. The smallest absolute Gasteiger partial charge is 0.309 e. The van der Waals surface area contributed by atoms with Gasteiger partial charge < -0.3 is 14.6 Å². The molecule has 5 nitrogen and oxygen atoms in total. The van der Waals surface area contributed by atoms with Crippen LogP contribution in [0.1, 0.15) is 31.4 Å². The number of halogens is 1. The first-order valence-corrected chi connectivity index (χ1v) is 10.7. The number of ether oxygens (including phenoxy) is 2. The summed E-state index contributed by atoms with van der Waals surface area (Å²) in [6.45, 7) is 6.61. The van der Waals surface area contributed by atoms with E-state index in [9.17, 15) is 9.18 Å². The van der Waals surface area contributed by atoms with Gasteiger partial charge in [-0.3, -0.25) is 9.69 Å². The van der Waals surface area contributed by atoms with Gasteiger partial charge in [0.1, 0.15) is 30.0 Å². The van der Waals surface area contributed by atoms with Crippen LogP contribution >= 0.6 is 0 Å². The molecule has 1 aliphatic carbocycles. The third-order valence-corrected chi connectivity index (χ3v) is 6.06. The van der Waals surface area contributed by atoms with E-state index in [-0.39, 0.29) is 17.8 Å². The zero-order chi connectivity index (χ0) is 22.0. The summed E-state index contributed by atoms with van der Waals surface area (Å²) in [5.74, 6) is 0.239. The second-order valence-corrected chi connectivity index (χ2v) is 8.47. The second kappa shape index (κ2) is 9.10. The first-order chi connectivity index (χ1) is 14.9. The monoisotopic (exact) mass is 425 g/mol. The predicted molar refractivity (Wildman–Crippen MR) is 117 cm³/mol. The van der Waals surface area contributed by atoms with E-state index in [0.29, 0.717) is 25.4 Å². The fourth-order valence-electron chi connectivity index (χ4n) is 4.21. The van der Waals surface area contributed by atoms with Gasteiger partial charge in [0.2, 0.25) is 0 Å².